The summed E-state index contributed by atoms with van der Waals surface area (Å²) in [5.41, 5.74) is 6.33. The first-order valence-electron chi connectivity index (χ1n) is 11.3. The first kappa shape index (κ1) is 28.0. The highest BCUT2D eigenvalue weighted by molar-refractivity contribution is 7.88. The van der Waals surface area contributed by atoms with Crippen LogP contribution < -0.4 is 15.8 Å². The summed E-state index contributed by atoms with van der Waals surface area (Å²) in [5.74, 6) is -1.25. The molecule has 0 fully saturated rings. The number of nitrogens with two attached hydrogens (primary N) is 1. The van der Waals surface area contributed by atoms with E-state index in [9.17, 15) is 23.1 Å². The van der Waals surface area contributed by atoms with Gasteiger partial charge in [-0.1, -0.05) is 67.9 Å². The fourth-order valence-corrected chi connectivity index (χ4v) is 5.00. The number of hydrogen-bond acceptors (Lipinski definition) is 6. The topological polar surface area (TPSA) is 166 Å². The van der Waals surface area contributed by atoms with Crippen molar-refractivity contribution in [2.24, 2.45) is 5.73 Å². The molecule has 1 heterocycles. The predicted octanol–water partition coefficient (Wildman–Crippen LogP) is 1.37. The zero-order chi connectivity index (χ0) is 25.8. The molecule has 0 saturated heterocycles. The van der Waals surface area contributed by atoms with E-state index < -0.39 is 34.1 Å². The van der Waals surface area contributed by atoms with Crippen molar-refractivity contribution in [2.45, 2.75) is 50.8 Å². The Morgan fingerprint density at radius 3 is 2.51 bits per heavy atom. The largest absolute Gasteiger partial charge is 0.390 e. The number of hydrogen-bond donors (Lipinski definition) is 5. The fourth-order valence-electron chi connectivity index (χ4n) is 3.70. The molecular formula is C24H33N5O5S. The van der Waals surface area contributed by atoms with Crippen molar-refractivity contribution >= 4 is 28.2 Å². The second-order valence-electron chi connectivity index (χ2n) is 8.08. The number of amides is 2. The normalized spacial score (nSPS) is 15.9. The molecule has 6 N–H and O–H groups in total. The summed E-state index contributed by atoms with van der Waals surface area (Å²) in [5, 5.41) is 18.3. The summed E-state index contributed by atoms with van der Waals surface area (Å²) < 4.78 is 28.1. The van der Waals surface area contributed by atoms with E-state index in [1.165, 1.54) is 4.90 Å². The number of aliphatic hydroxyl groups is 1. The second kappa shape index (κ2) is 13.6. The third kappa shape index (κ3) is 8.78. The molecule has 2 unspecified atom stereocenters. The van der Waals surface area contributed by atoms with Crippen LogP contribution in [0.1, 0.15) is 48.9 Å². The molecule has 1 aliphatic rings. The highest BCUT2D eigenvalue weighted by Crippen LogP contribution is 2.28. The summed E-state index contributed by atoms with van der Waals surface area (Å²) in [6.45, 7) is 1.90. The number of rotatable bonds is 10. The van der Waals surface area contributed by atoms with Gasteiger partial charge in [0.05, 0.1) is 12.1 Å². The van der Waals surface area contributed by atoms with Gasteiger partial charge in [0.15, 0.2) is 0 Å². The average molecular weight is 504 g/mol. The zero-order valence-electron chi connectivity index (χ0n) is 19.7. The Labute approximate surface area is 206 Å². The highest BCUT2D eigenvalue weighted by atomic mass is 32.2. The van der Waals surface area contributed by atoms with E-state index in [0.29, 0.717) is 17.5 Å². The third-order valence-electron chi connectivity index (χ3n) is 5.28. The lowest BCUT2D eigenvalue weighted by Crippen LogP contribution is -2.50. The van der Waals surface area contributed by atoms with Crippen LogP contribution in [0.2, 0.25) is 0 Å². The number of carbonyl (C=O) groups excluding carboxylic acids is 2. The van der Waals surface area contributed by atoms with Gasteiger partial charge >= 0.3 is 0 Å². The minimum absolute atomic E-state index is 0.185. The SMILES string of the molecule is CCCCC(O)NC(=O)CN1Cc2ccccc2C(NS(=O)(=O)Cc2ccccc2)C1=O.N=CN. The third-order valence-corrected chi connectivity index (χ3v) is 6.58. The molecular weight excluding hydrogens is 470 g/mol. The van der Waals surface area contributed by atoms with Crippen LogP contribution in [0.5, 0.6) is 0 Å². The lowest BCUT2D eigenvalue weighted by Gasteiger charge is -2.34. The molecule has 0 bridgehead atoms. The van der Waals surface area contributed by atoms with Crippen molar-refractivity contribution in [3.8, 4) is 0 Å². The van der Waals surface area contributed by atoms with E-state index in [1.54, 1.807) is 54.6 Å². The van der Waals surface area contributed by atoms with E-state index in [0.717, 1.165) is 24.7 Å². The number of aliphatic hydroxyl groups excluding tert-OH is 1. The van der Waals surface area contributed by atoms with Crippen molar-refractivity contribution in [3.63, 3.8) is 0 Å². The first-order valence-corrected chi connectivity index (χ1v) is 12.9. The van der Waals surface area contributed by atoms with Gasteiger partial charge in [-0.3, -0.25) is 15.0 Å². The number of fused-ring (bicyclic) bond motifs is 1. The van der Waals surface area contributed by atoms with Gasteiger partial charge in [-0.05, 0) is 29.5 Å². The highest BCUT2D eigenvalue weighted by Gasteiger charge is 2.36. The average Bonchev–Trinajstić information content (AvgIpc) is 2.81. The Morgan fingerprint density at radius 1 is 1.23 bits per heavy atom. The Morgan fingerprint density at radius 2 is 1.86 bits per heavy atom. The van der Waals surface area contributed by atoms with E-state index in [-0.39, 0.29) is 18.8 Å². The van der Waals surface area contributed by atoms with Crippen LogP contribution in [0, 0.1) is 5.41 Å². The van der Waals surface area contributed by atoms with Crippen LogP contribution in [0.4, 0.5) is 0 Å². The molecule has 0 saturated carbocycles. The van der Waals surface area contributed by atoms with Gasteiger partial charge in [0.25, 0.3) is 0 Å². The molecule has 2 aromatic rings. The Bertz CT molecular complexity index is 1090. The number of unbranched alkanes of at least 4 members (excludes halogenated alkanes) is 1. The summed E-state index contributed by atoms with van der Waals surface area (Å²) in [4.78, 5) is 26.8. The summed E-state index contributed by atoms with van der Waals surface area (Å²) >= 11 is 0. The minimum atomic E-state index is -3.83. The molecule has 0 aliphatic carbocycles. The lowest BCUT2D eigenvalue weighted by atomic mass is 9.95. The van der Waals surface area contributed by atoms with Crippen LogP contribution >= 0.6 is 0 Å². The Balaban J connectivity index is 0.00000137. The van der Waals surface area contributed by atoms with Crippen LogP contribution in [-0.2, 0) is 31.9 Å². The maximum Gasteiger partial charge on any atom is 0.246 e. The molecule has 0 aromatic heterocycles. The Kier molecular flexibility index (Phi) is 10.8. The van der Waals surface area contributed by atoms with E-state index in [2.05, 4.69) is 15.8 Å². The number of carbonyl (C=O) groups is 2. The maximum absolute atomic E-state index is 13.2. The molecule has 2 aromatic carbocycles. The first-order chi connectivity index (χ1) is 16.7. The van der Waals surface area contributed by atoms with Gasteiger partial charge in [0, 0.05) is 6.54 Å². The van der Waals surface area contributed by atoms with Gasteiger partial charge in [-0.25, -0.2) is 8.42 Å². The predicted molar refractivity (Wildman–Crippen MR) is 133 cm³/mol. The van der Waals surface area contributed by atoms with E-state index >= 15 is 0 Å². The Hall–Kier alpha value is -3.28. The summed E-state index contributed by atoms with van der Waals surface area (Å²) in [6.07, 6.45) is 1.86. The van der Waals surface area contributed by atoms with Crippen molar-refractivity contribution in [2.75, 3.05) is 6.54 Å². The van der Waals surface area contributed by atoms with Gasteiger partial charge in [-0.2, -0.15) is 4.72 Å². The molecule has 10 nitrogen and oxygen atoms in total. The summed E-state index contributed by atoms with van der Waals surface area (Å²) in [7, 11) is -3.83. The molecule has 2 atom stereocenters. The monoisotopic (exact) mass is 503 g/mol. The number of sulfonamides is 1. The van der Waals surface area contributed by atoms with Crippen LogP contribution in [0.25, 0.3) is 0 Å². The molecule has 1 aliphatic heterocycles. The van der Waals surface area contributed by atoms with Gasteiger partial charge in [0.2, 0.25) is 21.8 Å². The van der Waals surface area contributed by atoms with E-state index in [1.807, 2.05) is 6.92 Å². The molecule has 11 heteroatoms. The van der Waals surface area contributed by atoms with Crippen LogP contribution in [-0.4, -0.2) is 49.3 Å². The fraction of sp³-hybridized carbons (Fsp3) is 0.375. The van der Waals surface area contributed by atoms with Crippen molar-refractivity contribution in [1.82, 2.24) is 14.9 Å². The minimum Gasteiger partial charge on any atom is -0.390 e. The second-order valence-corrected chi connectivity index (χ2v) is 9.83. The smallest absolute Gasteiger partial charge is 0.246 e. The molecule has 0 radical (unpaired) electrons. The zero-order valence-corrected chi connectivity index (χ0v) is 20.5. The van der Waals surface area contributed by atoms with Crippen molar-refractivity contribution in [3.05, 3.63) is 71.3 Å². The number of nitrogens with zero attached hydrogens (tertiary/aromatic N) is 1. The maximum atomic E-state index is 13.2. The molecule has 0 spiro atoms. The summed E-state index contributed by atoms with van der Waals surface area (Å²) in [6, 6.07) is 14.7. The molecule has 2 amide bonds. The van der Waals surface area contributed by atoms with E-state index in [4.69, 9.17) is 5.41 Å². The van der Waals surface area contributed by atoms with Crippen LogP contribution in [0.3, 0.4) is 0 Å². The number of benzene rings is 2. The van der Waals surface area contributed by atoms with Crippen molar-refractivity contribution < 1.29 is 23.1 Å². The lowest BCUT2D eigenvalue weighted by molar-refractivity contribution is -0.140. The number of nitrogens with one attached hydrogen (secondary N) is 3. The van der Waals surface area contributed by atoms with Gasteiger partial charge in [0.1, 0.15) is 18.8 Å². The standard InChI is InChI=1S/C23H29N3O5S.CH4N2/c1-2-3-13-20(27)24-21(28)15-26-14-18-11-7-8-12-19(18)22(23(26)29)25-32(30,31)16-17-9-5-4-6-10-17;2-1-3/h4-12,20,22,25,27H,2-3,13-16H2,1H3,(H,24,28);1H,(H3,2,3). The molecule has 3 rings (SSSR count). The molecule has 35 heavy (non-hydrogen) atoms. The quantitative estimate of drug-likeness (QED) is 0.187. The van der Waals surface area contributed by atoms with Crippen LogP contribution in [0.15, 0.2) is 54.6 Å². The van der Waals surface area contributed by atoms with Crippen molar-refractivity contribution in [1.29, 1.82) is 5.41 Å². The van der Waals surface area contributed by atoms with Gasteiger partial charge in [-0.15, -0.1) is 0 Å². The molecule has 190 valence electrons. The van der Waals surface area contributed by atoms with Gasteiger partial charge < -0.3 is 21.1 Å².